The molecule has 0 saturated heterocycles. The van der Waals surface area contributed by atoms with Crippen LogP contribution in [-0.4, -0.2) is 52.5 Å². The first kappa shape index (κ1) is 20.0. The Balaban J connectivity index is 1.86. The van der Waals surface area contributed by atoms with Gasteiger partial charge in [-0.1, -0.05) is 6.07 Å². The number of hydrogen-bond donors (Lipinski definition) is 3. The van der Waals surface area contributed by atoms with Gasteiger partial charge in [0, 0.05) is 31.0 Å². The molecule has 3 N–H and O–H groups in total. The first-order chi connectivity index (χ1) is 13.0. The number of aromatic amines is 1. The van der Waals surface area contributed by atoms with Crippen molar-refractivity contribution < 1.29 is 19.1 Å². The largest absolute Gasteiger partial charge is 0.484 e. The van der Waals surface area contributed by atoms with Crippen molar-refractivity contribution in [3.8, 4) is 5.75 Å². The zero-order valence-corrected chi connectivity index (χ0v) is 15.3. The molecular formula is C18H23N5O4. The van der Waals surface area contributed by atoms with Crippen LogP contribution in [0.4, 0.5) is 5.69 Å². The quantitative estimate of drug-likeness (QED) is 0.595. The average Bonchev–Trinajstić information content (AvgIpc) is 3.19. The number of benzene rings is 1. The van der Waals surface area contributed by atoms with E-state index in [1.807, 2.05) is 13.8 Å². The molecule has 1 aromatic heterocycles. The number of rotatable bonds is 8. The topological polar surface area (TPSA) is 116 Å². The second kappa shape index (κ2) is 9.95. The van der Waals surface area contributed by atoms with Crippen molar-refractivity contribution in [2.75, 3.05) is 25.0 Å². The molecule has 9 heteroatoms. The van der Waals surface area contributed by atoms with E-state index in [4.69, 9.17) is 4.74 Å². The summed E-state index contributed by atoms with van der Waals surface area (Å²) in [6.45, 7) is 5.10. The third kappa shape index (κ3) is 6.14. The van der Waals surface area contributed by atoms with Crippen LogP contribution in [0.5, 0.6) is 5.75 Å². The molecule has 0 atom stereocenters. The summed E-state index contributed by atoms with van der Waals surface area (Å²) in [6.07, 6.45) is 1.55. The average molecular weight is 373 g/mol. The summed E-state index contributed by atoms with van der Waals surface area (Å²) < 4.78 is 5.48. The van der Waals surface area contributed by atoms with Crippen molar-refractivity contribution >= 4 is 23.4 Å². The third-order valence-electron chi connectivity index (χ3n) is 3.77. The van der Waals surface area contributed by atoms with Crippen molar-refractivity contribution in [1.82, 2.24) is 20.4 Å². The number of nitrogens with one attached hydrogen (secondary N) is 3. The Morgan fingerprint density at radius 1 is 1.15 bits per heavy atom. The van der Waals surface area contributed by atoms with Crippen LogP contribution in [0.2, 0.25) is 0 Å². The lowest BCUT2D eigenvalue weighted by Gasteiger charge is -2.18. The predicted octanol–water partition coefficient (Wildman–Crippen LogP) is 0.912. The van der Waals surface area contributed by atoms with Crippen LogP contribution in [-0.2, 0) is 20.9 Å². The standard InChI is InChI=1S/C18H23N5O4/c1-3-23(4-2)16(24)12-27-15-7-5-6-13(10-15)21-18(26)17(25)19-11-14-8-9-20-22-14/h5-10H,3-4,11-12H2,1-2H3,(H,19,25)(H,20,22)(H,21,26). The van der Waals surface area contributed by atoms with E-state index in [1.54, 1.807) is 41.4 Å². The molecule has 0 radical (unpaired) electrons. The highest BCUT2D eigenvalue weighted by molar-refractivity contribution is 6.39. The summed E-state index contributed by atoms with van der Waals surface area (Å²) in [5, 5.41) is 11.4. The number of carbonyl (C=O) groups excluding carboxylic acids is 3. The fourth-order valence-corrected chi connectivity index (χ4v) is 2.30. The Labute approximate surface area is 157 Å². The Bertz CT molecular complexity index is 772. The maximum absolute atomic E-state index is 12.0. The first-order valence-corrected chi connectivity index (χ1v) is 8.61. The summed E-state index contributed by atoms with van der Waals surface area (Å²) in [5.41, 5.74) is 1.08. The number of amides is 3. The van der Waals surface area contributed by atoms with E-state index in [0.717, 1.165) is 0 Å². The second-order valence-corrected chi connectivity index (χ2v) is 5.60. The highest BCUT2D eigenvalue weighted by atomic mass is 16.5. The number of anilines is 1. The van der Waals surface area contributed by atoms with Crippen LogP contribution >= 0.6 is 0 Å². The van der Waals surface area contributed by atoms with Gasteiger partial charge in [-0.15, -0.1) is 0 Å². The molecule has 27 heavy (non-hydrogen) atoms. The van der Waals surface area contributed by atoms with Gasteiger partial charge < -0.3 is 20.3 Å². The van der Waals surface area contributed by atoms with E-state index < -0.39 is 11.8 Å². The van der Waals surface area contributed by atoms with Gasteiger partial charge in [0.2, 0.25) is 0 Å². The smallest absolute Gasteiger partial charge is 0.313 e. The van der Waals surface area contributed by atoms with Crippen molar-refractivity contribution in [2.45, 2.75) is 20.4 Å². The van der Waals surface area contributed by atoms with Gasteiger partial charge in [0.15, 0.2) is 6.61 Å². The van der Waals surface area contributed by atoms with Gasteiger partial charge in [0.05, 0.1) is 12.2 Å². The van der Waals surface area contributed by atoms with Gasteiger partial charge in [-0.05, 0) is 32.0 Å². The molecule has 1 aromatic carbocycles. The third-order valence-corrected chi connectivity index (χ3v) is 3.77. The van der Waals surface area contributed by atoms with Gasteiger partial charge in [-0.25, -0.2) is 0 Å². The number of aromatic nitrogens is 2. The lowest BCUT2D eigenvalue weighted by Crippen LogP contribution is -2.35. The van der Waals surface area contributed by atoms with Gasteiger partial charge in [0.25, 0.3) is 5.91 Å². The van der Waals surface area contributed by atoms with Crippen LogP contribution in [0.3, 0.4) is 0 Å². The first-order valence-electron chi connectivity index (χ1n) is 8.61. The molecule has 0 aliphatic carbocycles. The summed E-state index contributed by atoms with van der Waals surface area (Å²) >= 11 is 0. The van der Waals surface area contributed by atoms with Gasteiger partial charge in [-0.2, -0.15) is 5.10 Å². The van der Waals surface area contributed by atoms with E-state index in [2.05, 4.69) is 20.8 Å². The van der Waals surface area contributed by atoms with E-state index in [0.29, 0.717) is 30.2 Å². The molecule has 0 fully saturated rings. The predicted molar refractivity (Wildman–Crippen MR) is 98.9 cm³/mol. The van der Waals surface area contributed by atoms with E-state index >= 15 is 0 Å². The number of ether oxygens (including phenoxy) is 1. The Morgan fingerprint density at radius 2 is 1.93 bits per heavy atom. The van der Waals surface area contributed by atoms with Gasteiger partial charge in [-0.3, -0.25) is 19.5 Å². The zero-order valence-electron chi connectivity index (χ0n) is 15.3. The monoisotopic (exact) mass is 373 g/mol. The molecule has 9 nitrogen and oxygen atoms in total. The highest BCUT2D eigenvalue weighted by Gasteiger charge is 2.14. The molecule has 0 aliphatic heterocycles. The summed E-state index contributed by atoms with van der Waals surface area (Å²) in [7, 11) is 0. The summed E-state index contributed by atoms with van der Waals surface area (Å²) in [6, 6.07) is 8.20. The van der Waals surface area contributed by atoms with Gasteiger partial charge in [0.1, 0.15) is 5.75 Å². The number of hydrogen-bond acceptors (Lipinski definition) is 5. The highest BCUT2D eigenvalue weighted by Crippen LogP contribution is 2.17. The van der Waals surface area contributed by atoms with Crippen molar-refractivity contribution in [2.24, 2.45) is 0 Å². The minimum atomic E-state index is -0.800. The Morgan fingerprint density at radius 3 is 2.59 bits per heavy atom. The fourth-order valence-electron chi connectivity index (χ4n) is 2.30. The molecule has 0 saturated carbocycles. The van der Waals surface area contributed by atoms with Crippen molar-refractivity contribution in [1.29, 1.82) is 0 Å². The van der Waals surface area contributed by atoms with Gasteiger partial charge >= 0.3 is 11.8 Å². The van der Waals surface area contributed by atoms with Crippen molar-refractivity contribution in [3.63, 3.8) is 0 Å². The maximum Gasteiger partial charge on any atom is 0.313 e. The number of H-pyrrole nitrogens is 1. The molecule has 3 amide bonds. The SMILES string of the molecule is CCN(CC)C(=O)COc1cccc(NC(=O)C(=O)NCc2ccn[nH]2)c1. The molecule has 144 valence electrons. The maximum atomic E-state index is 12.0. The van der Waals surface area contributed by atoms with E-state index in [-0.39, 0.29) is 19.1 Å². The Kier molecular flexibility index (Phi) is 7.36. The molecule has 1 heterocycles. The van der Waals surface area contributed by atoms with E-state index in [9.17, 15) is 14.4 Å². The molecule has 2 rings (SSSR count). The number of carbonyl (C=O) groups is 3. The fraction of sp³-hybridized carbons (Fsp3) is 0.333. The van der Waals surface area contributed by atoms with Crippen molar-refractivity contribution in [3.05, 3.63) is 42.2 Å². The van der Waals surface area contributed by atoms with Crippen LogP contribution in [0.1, 0.15) is 19.5 Å². The minimum absolute atomic E-state index is 0.0935. The minimum Gasteiger partial charge on any atom is -0.484 e. The molecular weight excluding hydrogens is 350 g/mol. The normalized spacial score (nSPS) is 10.1. The lowest BCUT2D eigenvalue weighted by molar-refractivity contribution is -0.136. The number of likely N-dealkylation sites (N-methyl/N-ethyl adjacent to an activating group) is 1. The summed E-state index contributed by atoms with van der Waals surface area (Å²) in [5.74, 6) is -1.27. The van der Waals surface area contributed by atoms with Crippen LogP contribution in [0, 0.1) is 0 Å². The summed E-state index contributed by atoms with van der Waals surface area (Å²) in [4.78, 5) is 37.4. The second-order valence-electron chi connectivity index (χ2n) is 5.60. The lowest BCUT2D eigenvalue weighted by atomic mass is 10.3. The van der Waals surface area contributed by atoms with Crippen LogP contribution < -0.4 is 15.4 Å². The molecule has 0 bridgehead atoms. The molecule has 0 aliphatic rings. The van der Waals surface area contributed by atoms with Crippen LogP contribution in [0.15, 0.2) is 36.5 Å². The molecule has 0 spiro atoms. The zero-order chi connectivity index (χ0) is 19.6. The molecule has 2 aromatic rings. The van der Waals surface area contributed by atoms with E-state index in [1.165, 1.54) is 0 Å². The number of nitrogens with zero attached hydrogens (tertiary/aromatic N) is 2. The Hall–Kier alpha value is -3.36. The van der Waals surface area contributed by atoms with Crippen LogP contribution in [0.25, 0.3) is 0 Å². The molecule has 0 unspecified atom stereocenters.